The van der Waals surface area contributed by atoms with Crippen molar-refractivity contribution in [3.63, 3.8) is 0 Å². The molecular weight excluding hydrogens is 320 g/mol. The van der Waals surface area contributed by atoms with Crippen LogP contribution in [0.3, 0.4) is 0 Å². The predicted molar refractivity (Wildman–Crippen MR) is 82.2 cm³/mol. The van der Waals surface area contributed by atoms with Crippen LogP contribution < -0.4 is 10.6 Å². The lowest BCUT2D eigenvalue weighted by Crippen LogP contribution is -2.42. The number of hydrogen-bond donors (Lipinski definition) is 2. The van der Waals surface area contributed by atoms with Crippen molar-refractivity contribution in [1.29, 1.82) is 0 Å². The fraction of sp³-hybridized carbons (Fsp3) is 0.357. The van der Waals surface area contributed by atoms with Gasteiger partial charge in [0.1, 0.15) is 5.69 Å². The van der Waals surface area contributed by atoms with Crippen LogP contribution in [0.15, 0.2) is 35.2 Å². The minimum absolute atomic E-state index is 0.0107. The molecule has 1 saturated heterocycles. The standard InChI is InChI=1S/C14H16N4O4S/c19-14(18-10-3-7-23(20,21)9-10)17-8-11-13(16-5-4-15-11)12-2-1-6-22-12/h1-2,4-6,10H,3,7-9H2,(H2,17,18,19). The highest BCUT2D eigenvalue weighted by Crippen LogP contribution is 2.19. The Morgan fingerprint density at radius 3 is 2.87 bits per heavy atom. The summed E-state index contributed by atoms with van der Waals surface area (Å²) in [7, 11) is -3.02. The zero-order chi connectivity index (χ0) is 16.3. The molecule has 3 heterocycles. The van der Waals surface area contributed by atoms with Crippen LogP contribution >= 0.6 is 0 Å². The van der Waals surface area contributed by atoms with Gasteiger partial charge in [0.2, 0.25) is 0 Å². The summed E-state index contributed by atoms with van der Waals surface area (Å²) in [4.78, 5) is 20.3. The molecule has 8 nitrogen and oxygen atoms in total. The Kier molecular flexibility index (Phi) is 4.28. The molecule has 1 unspecified atom stereocenters. The summed E-state index contributed by atoms with van der Waals surface area (Å²) in [5.41, 5.74) is 1.12. The van der Waals surface area contributed by atoms with E-state index in [2.05, 4.69) is 20.6 Å². The normalized spacial score (nSPS) is 19.4. The van der Waals surface area contributed by atoms with Crippen molar-refractivity contribution in [3.05, 3.63) is 36.5 Å². The molecule has 0 saturated carbocycles. The Morgan fingerprint density at radius 2 is 2.17 bits per heavy atom. The summed E-state index contributed by atoms with van der Waals surface area (Å²) in [6.45, 7) is 0.162. The zero-order valence-electron chi connectivity index (χ0n) is 12.2. The maximum absolute atomic E-state index is 11.9. The van der Waals surface area contributed by atoms with Gasteiger partial charge in [-0.3, -0.25) is 4.98 Å². The Labute approximate surface area is 133 Å². The van der Waals surface area contributed by atoms with Crippen molar-refractivity contribution < 1.29 is 17.6 Å². The number of carbonyl (C=O) groups excluding carboxylic acids is 1. The van der Waals surface area contributed by atoms with Crippen molar-refractivity contribution in [1.82, 2.24) is 20.6 Å². The molecular formula is C14H16N4O4S. The Bertz CT molecular complexity index is 789. The van der Waals surface area contributed by atoms with Gasteiger partial charge in [-0.2, -0.15) is 0 Å². The number of sulfone groups is 1. The summed E-state index contributed by atoms with van der Waals surface area (Å²) in [5, 5.41) is 5.32. The molecule has 1 aliphatic rings. The minimum atomic E-state index is -3.02. The molecule has 0 radical (unpaired) electrons. The van der Waals surface area contributed by atoms with Gasteiger partial charge in [-0.05, 0) is 18.6 Å². The Balaban J connectivity index is 1.60. The highest BCUT2D eigenvalue weighted by Gasteiger charge is 2.28. The molecule has 1 fully saturated rings. The third-order valence-corrected chi connectivity index (χ3v) is 5.28. The Morgan fingerprint density at radius 1 is 1.35 bits per heavy atom. The van der Waals surface area contributed by atoms with E-state index in [1.165, 1.54) is 12.5 Å². The quantitative estimate of drug-likeness (QED) is 0.850. The number of urea groups is 1. The first kappa shape index (κ1) is 15.5. The molecule has 1 atom stereocenters. The molecule has 1 aliphatic heterocycles. The number of furan rings is 1. The monoisotopic (exact) mass is 336 g/mol. The van der Waals surface area contributed by atoms with Gasteiger partial charge in [-0.15, -0.1) is 0 Å². The van der Waals surface area contributed by atoms with Gasteiger partial charge < -0.3 is 15.1 Å². The van der Waals surface area contributed by atoms with E-state index in [1.54, 1.807) is 18.3 Å². The number of nitrogens with zero attached hydrogens (tertiary/aromatic N) is 2. The smallest absolute Gasteiger partial charge is 0.315 e. The Hall–Kier alpha value is -2.42. The first-order valence-electron chi connectivity index (χ1n) is 7.12. The molecule has 0 aliphatic carbocycles. The SMILES string of the molecule is O=C(NCc1nccnc1-c1ccco1)NC1CCS(=O)(=O)C1. The van der Waals surface area contributed by atoms with Crippen molar-refractivity contribution in [2.45, 2.75) is 19.0 Å². The van der Waals surface area contributed by atoms with Gasteiger partial charge in [0.15, 0.2) is 15.6 Å². The number of aromatic nitrogens is 2. The van der Waals surface area contributed by atoms with Crippen LogP contribution in [0.2, 0.25) is 0 Å². The zero-order valence-corrected chi connectivity index (χ0v) is 13.0. The van der Waals surface area contributed by atoms with E-state index >= 15 is 0 Å². The van der Waals surface area contributed by atoms with E-state index < -0.39 is 15.9 Å². The number of hydrogen-bond acceptors (Lipinski definition) is 6. The lowest BCUT2D eigenvalue weighted by atomic mass is 10.2. The summed E-state index contributed by atoms with van der Waals surface area (Å²) < 4.78 is 28.1. The van der Waals surface area contributed by atoms with E-state index in [0.717, 1.165) is 0 Å². The lowest BCUT2D eigenvalue weighted by Gasteiger charge is -2.12. The van der Waals surface area contributed by atoms with Crippen molar-refractivity contribution >= 4 is 15.9 Å². The van der Waals surface area contributed by atoms with Gasteiger partial charge in [0.05, 0.1) is 30.0 Å². The fourth-order valence-corrected chi connectivity index (χ4v) is 4.10. The van der Waals surface area contributed by atoms with Crippen LogP contribution in [0, 0.1) is 0 Å². The van der Waals surface area contributed by atoms with E-state index in [1.807, 2.05) is 0 Å². The maximum atomic E-state index is 11.9. The molecule has 3 rings (SSSR count). The largest absolute Gasteiger partial charge is 0.463 e. The molecule has 2 N–H and O–H groups in total. The van der Waals surface area contributed by atoms with Gasteiger partial charge in [0, 0.05) is 18.4 Å². The van der Waals surface area contributed by atoms with Gasteiger partial charge in [0.25, 0.3) is 0 Å². The second kappa shape index (κ2) is 6.37. The molecule has 122 valence electrons. The van der Waals surface area contributed by atoms with Crippen LogP contribution in [0.4, 0.5) is 4.79 Å². The minimum Gasteiger partial charge on any atom is -0.463 e. The summed E-state index contributed by atoms with van der Waals surface area (Å²) >= 11 is 0. The maximum Gasteiger partial charge on any atom is 0.315 e. The molecule has 2 aromatic heterocycles. The van der Waals surface area contributed by atoms with Crippen molar-refractivity contribution in [2.24, 2.45) is 0 Å². The highest BCUT2D eigenvalue weighted by molar-refractivity contribution is 7.91. The highest BCUT2D eigenvalue weighted by atomic mass is 32.2. The predicted octanol–water partition coefficient (Wildman–Crippen LogP) is 0.723. The van der Waals surface area contributed by atoms with E-state index in [9.17, 15) is 13.2 Å². The number of carbonyl (C=O) groups is 1. The molecule has 2 aromatic rings. The molecule has 0 spiro atoms. The summed E-state index contributed by atoms with van der Waals surface area (Å²) in [6, 6.07) is 2.74. The van der Waals surface area contributed by atoms with Crippen LogP contribution in [0.25, 0.3) is 11.5 Å². The summed E-state index contributed by atoms with van der Waals surface area (Å²) in [5.74, 6) is 0.672. The summed E-state index contributed by atoms with van der Waals surface area (Å²) in [6.07, 6.45) is 5.06. The number of rotatable bonds is 4. The average Bonchev–Trinajstić information content (AvgIpc) is 3.15. The topological polar surface area (TPSA) is 114 Å². The van der Waals surface area contributed by atoms with E-state index in [0.29, 0.717) is 23.6 Å². The van der Waals surface area contributed by atoms with Crippen LogP contribution in [-0.4, -0.2) is 42.0 Å². The van der Waals surface area contributed by atoms with E-state index in [-0.39, 0.29) is 24.1 Å². The molecule has 0 aromatic carbocycles. The first-order valence-corrected chi connectivity index (χ1v) is 8.94. The second-order valence-electron chi connectivity index (χ2n) is 5.26. The van der Waals surface area contributed by atoms with Crippen LogP contribution in [0.5, 0.6) is 0 Å². The third-order valence-electron chi connectivity index (χ3n) is 3.51. The van der Waals surface area contributed by atoms with Gasteiger partial charge >= 0.3 is 6.03 Å². The molecule has 23 heavy (non-hydrogen) atoms. The number of amides is 2. The average molecular weight is 336 g/mol. The van der Waals surface area contributed by atoms with Gasteiger partial charge in [-0.25, -0.2) is 18.2 Å². The molecule has 2 amide bonds. The third kappa shape index (κ3) is 3.86. The van der Waals surface area contributed by atoms with Crippen molar-refractivity contribution in [3.8, 4) is 11.5 Å². The van der Waals surface area contributed by atoms with E-state index in [4.69, 9.17) is 4.42 Å². The van der Waals surface area contributed by atoms with Crippen LogP contribution in [-0.2, 0) is 16.4 Å². The lowest BCUT2D eigenvalue weighted by molar-refractivity contribution is 0.237. The first-order chi connectivity index (χ1) is 11.0. The second-order valence-corrected chi connectivity index (χ2v) is 7.48. The van der Waals surface area contributed by atoms with Gasteiger partial charge in [-0.1, -0.05) is 0 Å². The fourth-order valence-electron chi connectivity index (χ4n) is 2.42. The van der Waals surface area contributed by atoms with Crippen LogP contribution in [0.1, 0.15) is 12.1 Å². The van der Waals surface area contributed by atoms with Crippen molar-refractivity contribution in [2.75, 3.05) is 11.5 Å². The molecule has 0 bridgehead atoms. The number of nitrogens with one attached hydrogen (secondary N) is 2. The molecule has 9 heteroatoms.